The maximum absolute atomic E-state index is 12.0. The zero-order valence-corrected chi connectivity index (χ0v) is 14.4. The standard InChI is InChI=1S/C18H22N2O4/c1-12(17(21)19-18(22)24-4)20(2)11-13-5-6-15-10-16(23-3)8-7-14(15)9-13/h5-10,12H,11H2,1-4H3,(H,19,21,22)/p+1/t12-/m0/s1. The summed E-state index contributed by atoms with van der Waals surface area (Å²) in [6.45, 7) is 2.44. The minimum atomic E-state index is -0.737. The summed E-state index contributed by atoms with van der Waals surface area (Å²) in [7, 11) is 4.79. The minimum Gasteiger partial charge on any atom is -0.497 e. The SMILES string of the molecule is COC(=O)NC(=O)[C@H](C)[NH+](C)Cc1ccc2cc(OC)ccc2c1. The van der Waals surface area contributed by atoms with Crippen molar-refractivity contribution in [3.05, 3.63) is 42.0 Å². The van der Waals surface area contributed by atoms with E-state index in [4.69, 9.17) is 4.74 Å². The Morgan fingerprint density at radius 3 is 2.46 bits per heavy atom. The smallest absolute Gasteiger partial charge is 0.413 e. The van der Waals surface area contributed by atoms with Crippen molar-refractivity contribution in [1.29, 1.82) is 0 Å². The minimum absolute atomic E-state index is 0.357. The molecule has 0 saturated heterocycles. The second kappa shape index (κ2) is 7.79. The highest BCUT2D eigenvalue weighted by Crippen LogP contribution is 2.21. The average molecular weight is 331 g/mol. The Hall–Kier alpha value is -2.60. The summed E-state index contributed by atoms with van der Waals surface area (Å²) in [4.78, 5) is 24.1. The first-order valence-corrected chi connectivity index (χ1v) is 7.72. The van der Waals surface area contributed by atoms with E-state index in [2.05, 4.69) is 16.1 Å². The molecule has 0 bridgehead atoms. The molecular formula is C18H23N2O4+. The molecule has 0 aliphatic heterocycles. The van der Waals surface area contributed by atoms with Gasteiger partial charge in [0.25, 0.3) is 5.91 Å². The van der Waals surface area contributed by atoms with Crippen LogP contribution in [0.1, 0.15) is 12.5 Å². The van der Waals surface area contributed by atoms with Gasteiger partial charge in [0.05, 0.1) is 21.3 Å². The van der Waals surface area contributed by atoms with Crippen LogP contribution in [0.5, 0.6) is 5.75 Å². The molecule has 6 heteroatoms. The van der Waals surface area contributed by atoms with E-state index in [-0.39, 0.29) is 11.9 Å². The fourth-order valence-electron chi connectivity index (χ4n) is 2.47. The van der Waals surface area contributed by atoms with Gasteiger partial charge in [0.2, 0.25) is 0 Å². The van der Waals surface area contributed by atoms with Crippen LogP contribution in [0.2, 0.25) is 0 Å². The number of hydrogen-bond donors (Lipinski definition) is 2. The third kappa shape index (κ3) is 4.23. The molecule has 2 aromatic rings. The lowest BCUT2D eigenvalue weighted by atomic mass is 10.1. The number of amides is 2. The third-order valence-electron chi connectivity index (χ3n) is 4.14. The Labute approximate surface area is 141 Å². The number of hydrogen-bond acceptors (Lipinski definition) is 4. The Balaban J connectivity index is 2.08. The maximum Gasteiger partial charge on any atom is 0.413 e. The van der Waals surface area contributed by atoms with E-state index in [0.717, 1.165) is 27.0 Å². The van der Waals surface area contributed by atoms with Gasteiger partial charge in [0.1, 0.15) is 12.3 Å². The number of carbonyl (C=O) groups excluding carboxylic acids is 2. The highest BCUT2D eigenvalue weighted by atomic mass is 16.5. The molecule has 0 spiro atoms. The lowest BCUT2D eigenvalue weighted by Crippen LogP contribution is -3.12. The van der Waals surface area contributed by atoms with Gasteiger partial charge in [-0.1, -0.05) is 18.2 Å². The molecule has 2 aromatic carbocycles. The molecule has 0 aromatic heterocycles. The van der Waals surface area contributed by atoms with E-state index in [0.29, 0.717) is 6.54 Å². The summed E-state index contributed by atoms with van der Waals surface area (Å²) in [6.07, 6.45) is -0.737. The van der Waals surface area contributed by atoms with Crippen LogP contribution in [0.4, 0.5) is 4.79 Å². The van der Waals surface area contributed by atoms with Gasteiger partial charge in [-0.25, -0.2) is 4.79 Å². The molecule has 6 nitrogen and oxygen atoms in total. The van der Waals surface area contributed by atoms with Crippen LogP contribution < -0.4 is 15.0 Å². The normalized spacial score (nSPS) is 13.2. The van der Waals surface area contributed by atoms with Crippen molar-refractivity contribution in [2.24, 2.45) is 0 Å². The zero-order chi connectivity index (χ0) is 17.7. The Morgan fingerprint density at radius 1 is 1.12 bits per heavy atom. The Bertz CT molecular complexity index is 745. The van der Waals surface area contributed by atoms with Crippen LogP contribution >= 0.6 is 0 Å². The van der Waals surface area contributed by atoms with Gasteiger partial charge in [0.15, 0.2) is 6.04 Å². The number of benzene rings is 2. The summed E-state index contributed by atoms with van der Waals surface area (Å²) in [5, 5.41) is 4.43. The molecule has 2 atom stereocenters. The first kappa shape index (κ1) is 17.7. The molecule has 0 saturated carbocycles. The van der Waals surface area contributed by atoms with Crippen LogP contribution in [0.3, 0.4) is 0 Å². The van der Waals surface area contributed by atoms with Crippen molar-refractivity contribution in [2.75, 3.05) is 21.3 Å². The average Bonchev–Trinajstić information content (AvgIpc) is 2.60. The quantitative estimate of drug-likeness (QED) is 0.862. The van der Waals surface area contributed by atoms with Gasteiger partial charge >= 0.3 is 6.09 Å². The topological polar surface area (TPSA) is 69.1 Å². The van der Waals surface area contributed by atoms with E-state index in [1.807, 2.05) is 37.4 Å². The fraction of sp³-hybridized carbons (Fsp3) is 0.333. The van der Waals surface area contributed by atoms with Gasteiger partial charge in [-0.15, -0.1) is 0 Å². The second-order valence-corrected chi connectivity index (χ2v) is 5.77. The molecule has 2 amide bonds. The number of methoxy groups -OCH3 is 2. The van der Waals surface area contributed by atoms with Gasteiger partial charge in [-0.05, 0) is 35.9 Å². The maximum atomic E-state index is 12.0. The summed E-state index contributed by atoms with van der Waals surface area (Å²) < 4.78 is 9.68. The second-order valence-electron chi connectivity index (χ2n) is 5.77. The van der Waals surface area contributed by atoms with E-state index in [1.54, 1.807) is 14.0 Å². The highest BCUT2D eigenvalue weighted by Gasteiger charge is 2.23. The largest absolute Gasteiger partial charge is 0.497 e. The predicted octanol–water partition coefficient (Wildman–Crippen LogP) is 1.13. The van der Waals surface area contributed by atoms with Gasteiger partial charge in [-0.3, -0.25) is 10.1 Å². The highest BCUT2D eigenvalue weighted by molar-refractivity contribution is 5.93. The number of likely N-dealkylation sites (N-methyl/N-ethyl adjacent to an activating group) is 1. The fourth-order valence-corrected chi connectivity index (χ4v) is 2.47. The number of fused-ring (bicyclic) bond motifs is 1. The number of quaternary nitrogens is 1. The summed E-state index contributed by atoms with van der Waals surface area (Å²) >= 11 is 0. The first-order chi connectivity index (χ1) is 11.4. The number of carbonyl (C=O) groups is 2. The number of alkyl carbamates (subject to hydrolysis) is 1. The van der Waals surface area contributed by atoms with Crippen LogP contribution in [0, 0.1) is 0 Å². The zero-order valence-electron chi connectivity index (χ0n) is 14.4. The molecule has 24 heavy (non-hydrogen) atoms. The molecule has 0 aliphatic rings. The summed E-state index contributed by atoms with van der Waals surface area (Å²) in [5.41, 5.74) is 1.11. The Kier molecular flexibility index (Phi) is 5.76. The molecule has 0 fully saturated rings. The molecule has 128 valence electrons. The van der Waals surface area contributed by atoms with Crippen molar-refractivity contribution in [1.82, 2.24) is 5.32 Å². The molecule has 2 rings (SSSR count). The van der Waals surface area contributed by atoms with E-state index >= 15 is 0 Å². The van der Waals surface area contributed by atoms with Crippen molar-refractivity contribution in [3.8, 4) is 5.75 Å². The molecule has 0 radical (unpaired) electrons. The number of rotatable bonds is 5. The third-order valence-corrected chi connectivity index (χ3v) is 4.14. The summed E-state index contributed by atoms with van der Waals surface area (Å²) in [5.74, 6) is 0.468. The molecule has 2 N–H and O–H groups in total. The molecule has 1 unspecified atom stereocenters. The van der Waals surface area contributed by atoms with Gasteiger partial charge < -0.3 is 14.4 Å². The molecular weight excluding hydrogens is 308 g/mol. The van der Waals surface area contributed by atoms with Crippen LogP contribution in [-0.4, -0.2) is 39.3 Å². The van der Waals surface area contributed by atoms with Crippen molar-refractivity contribution in [3.63, 3.8) is 0 Å². The molecule has 0 heterocycles. The van der Waals surface area contributed by atoms with E-state index < -0.39 is 6.09 Å². The van der Waals surface area contributed by atoms with Crippen molar-refractivity contribution >= 4 is 22.8 Å². The summed E-state index contributed by atoms with van der Waals surface area (Å²) in [6, 6.07) is 11.7. The monoisotopic (exact) mass is 331 g/mol. The van der Waals surface area contributed by atoms with Crippen LogP contribution in [0.15, 0.2) is 36.4 Å². The van der Waals surface area contributed by atoms with Crippen LogP contribution in [0.25, 0.3) is 10.8 Å². The van der Waals surface area contributed by atoms with E-state index in [1.165, 1.54) is 7.11 Å². The van der Waals surface area contributed by atoms with Crippen molar-refractivity contribution in [2.45, 2.75) is 19.5 Å². The van der Waals surface area contributed by atoms with Crippen molar-refractivity contribution < 1.29 is 24.0 Å². The van der Waals surface area contributed by atoms with Gasteiger partial charge in [-0.2, -0.15) is 0 Å². The lowest BCUT2D eigenvalue weighted by molar-refractivity contribution is -0.908. The van der Waals surface area contributed by atoms with E-state index in [9.17, 15) is 9.59 Å². The number of nitrogens with one attached hydrogen (secondary N) is 2. The lowest BCUT2D eigenvalue weighted by Gasteiger charge is -2.20. The van der Waals surface area contributed by atoms with Crippen LogP contribution in [-0.2, 0) is 16.1 Å². The first-order valence-electron chi connectivity index (χ1n) is 7.72. The molecule has 0 aliphatic carbocycles. The predicted molar refractivity (Wildman–Crippen MR) is 91.1 cm³/mol. The number of ether oxygens (including phenoxy) is 2. The Morgan fingerprint density at radius 2 is 1.79 bits per heavy atom. The van der Waals surface area contributed by atoms with Gasteiger partial charge in [0, 0.05) is 5.56 Å². The number of imide groups is 1.